The molecule has 0 atom stereocenters. The highest BCUT2D eigenvalue weighted by Crippen LogP contribution is 2.36. The molecule has 0 saturated heterocycles. The molecule has 1 aliphatic rings. The Morgan fingerprint density at radius 3 is 1.77 bits per heavy atom. The van der Waals surface area contributed by atoms with Crippen LogP contribution < -0.4 is 0 Å². The molecule has 4 rings (SSSR count). The van der Waals surface area contributed by atoms with Crippen molar-refractivity contribution in [2.45, 2.75) is 47.0 Å². The zero-order valence-corrected chi connectivity index (χ0v) is 23.7. The second-order valence-electron chi connectivity index (χ2n) is 11.5. The van der Waals surface area contributed by atoms with Crippen molar-refractivity contribution in [3.63, 3.8) is 0 Å². The van der Waals surface area contributed by atoms with Crippen LogP contribution in [-0.2, 0) is 10.2 Å². The molecule has 0 N–H and O–H groups in total. The van der Waals surface area contributed by atoms with E-state index in [0.29, 0.717) is 0 Å². The summed E-state index contributed by atoms with van der Waals surface area (Å²) in [6.45, 7) is 13.0. The molecule has 0 fully saturated rings. The van der Waals surface area contributed by atoms with E-state index < -0.39 is 7.25 Å². The summed E-state index contributed by atoms with van der Waals surface area (Å²) >= 11 is 0. The highest BCUT2D eigenvalue weighted by atomic mass is 19.5. The third-order valence-corrected chi connectivity index (χ3v) is 5.84. The molecule has 1 aliphatic heterocycles. The summed E-state index contributed by atoms with van der Waals surface area (Å²) in [7, 11) is -6.00. The molecular weight excluding hydrogens is 515 g/mol. The van der Waals surface area contributed by atoms with Crippen molar-refractivity contribution >= 4 is 18.9 Å². The van der Waals surface area contributed by atoms with Crippen LogP contribution in [0.3, 0.4) is 0 Å². The minimum absolute atomic E-state index is 0.0992. The van der Waals surface area contributed by atoms with Crippen LogP contribution in [0.15, 0.2) is 113 Å². The van der Waals surface area contributed by atoms with Crippen LogP contribution in [0.4, 0.5) is 17.3 Å². The van der Waals surface area contributed by atoms with Crippen molar-refractivity contribution in [1.82, 2.24) is 0 Å². The summed E-state index contributed by atoms with van der Waals surface area (Å²) < 4.78 is 51.6. The number of halogens is 4. The maximum atomic E-state index is 9.75. The molecule has 210 valence electrons. The van der Waals surface area contributed by atoms with Gasteiger partial charge in [-0.25, -0.2) is 4.42 Å². The molecule has 0 unspecified atom stereocenters. The number of rotatable bonds is 4. The minimum atomic E-state index is -6.00. The lowest BCUT2D eigenvalue weighted by Crippen LogP contribution is -2.14. The van der Waals surface area contributed by atoms with Gasteiger partial charge in [0.2, 0.25) is 0 Å². The summed E-state index contributed by atoms with van der Waals surface area (Å²) in [4.78, 5) is 0. The van der Waals surface area contributed by atoms with E-state index >= 15 is 0 Å². The smallest absolute Gasteiger partial charge is 0.461 e. The van der Waals surface area contributed by atoms with Crippen LogP contribution in [0.5, 0.6) is 0 Å². The molecule has 2 heterocycles. The summed E-state index contributed by atoms with van der Waals surface area (Å²) in [5.74, 6) is 3.51. The standard InChI is InChI=1S/C33H35O2.BF4/c1-32(2,3)30-22-26(24-14-9-7-10-15-24)20-28(34-30)18-13-19-29-21-27(25-16-11-8-12-17-25)23-31(35-29)33(4,5)6;2-1(3,4)5/h7-23H,1-6H3;/q+1;-1. The summed E-state index contributed by atoms with van der Waals surface area (Å²) in [5.41, 5.74) is 4.44. The van der Waals surface area contributed by atoms with E-state index in [0.717, 1.165) is 34.2 Å². The molecule has 0 radical (unpaired) electrons. The van der Waals surface area contributed by atoms with Crippen molar-refractivity contribution in [2.75, 3.05) is 0 Å². The van der Waals surface area contributed by atoms with Gasteiger partial charge in [0.25, 0.3) is 0 Å². The van der Waals surface area contributed by atoms with Crippen LogP contribution in [-0.4, -0.2) is 7.25 Å². The third kappa shape index (κ3) is 9.71. The number of hydrogen-bond acceptors (Lipinski definition) is 1. The molecule has 40 heavy (non-hydrogen) atoms. The summed E-state index contributed by atoms with van der Waals surface area (Å²) in [6.07, 6.45) is 10.2. The molecule has 0 spiro atoms. The Morgan fingerprint density at radius 2 is 1.25 bits per heavy atom. The Balaban J connectivity index is 0.000000810. The van der Waals surface area contributed by atoms with Gasteiger partial charge in [-0.2, -0.15) is 0 Å². The molecule has 3 aromatic rings. The van der Waals surface area contributed by atoms with Gasteiger partial charge in [-0.3, -0.25) is 0 Å². The van der Waals surface area contributed by atoms with Crippen LogP contribution in [0.2, 0.25) is 0 Å². The fourth-order valence-electron chi connectivity index (χ4n) is 3.78. The molecular formula is C33H35BF4O2. The van der Waals surface area contributed by atoms with Gasteiger partial charge in [0.15, 0.2) is 0 Å². The average molecular weight is 550 g/mol. The number of benzene rings is 2. The van der Waals surface area contributed by atoms with E-state index in [1.54, 1.807) is 0 Å². The van der Waals surface area contributed by atoms with Crippen LogP contribution in [0.1, 0.15) is 58.6 Å². The maximum absolute atomic E-state index is 9.75. The fraction of sp³-hybridized carbons (Fsp3) is 0.242. The van der Waals surface area contributed by atoms with Gasteiger partial charge in [0, 0.05) is 23.1 Å². The van der Waals surface area contributed by atoms with Gasteiger partial charge >= 0.3 is 18.8 Å². The van der Waals surface area contributed by atoms with E-state index in [9.17, 15) is 17.3 Å². The predicted octanol–water partition coefficient (Wildman–Crippen LogP) is 10.8. The second kappa shape index (κ2) is 12.5. The van der Waals surface area contributed by atoms with Crippen molar-refractivity contribution in [3.05, 3.63) is 126 Å². The highest BCUT2D eigenvalue weighted by Gasteiger charge is 2.28. The quantitative estimate of drug-likeness (QED) is 0.183. The van der Waals surface area contributed by atoms with Crippen molar-refractivity contribution in [2.24, 2.45) is 5.41 Å². The number of allylic oxidation sites excluding steroid dienone is 6. The van der Waals surface area contributed by atoms with E-state index in [1.165, 1.54) is 11.1 Å². The summed E-state index contributed by atoms with van der Waals surface area (Å²) in [5, 5.41) is 0. The average Bonchev–Trinajstić information content (AvgIpc) is 2.87. The molecule has 0 saturated carbocycles. The first-order chi connectivity index (χ1) is 18.6. The molecule has 7 heteroatoms. The highest BCUT2D eigenvalue weighted by molar-refractivity contribution is 6.50. The van der Waals surface area contributed by atoms with Crippen LogP contribution in [0, 0.1) is 5.41 Å². The molecule has 1 aromatic heterocycles. The number of hydrogen-bond donors (Lipinski definition) is 0. The van der Waals surface area contributed by atoms with E-state index in [1.807, 2.05) is 30.4 Å². The Hall–Kier alpha value is -3.87. The first-order valence-corrected chi connectivity index (χ1v) is 13.1. The van der Waals surface area contributed by atoms with Gasteiger partial charge in [-0.15, -0.1) is 0 Å². The number of ether oxygens (including phenoxy) is 1. The molecule has 2 aromatic carbocycles. The Bertz CT molecular complexity index is 1400. The third-order valence-electron chi connectivity index (χ3n) is 5.84. The minimum Gasteiger partial charge on any atom is -0.461 e. The molecule has 0 bridgehead atoms. The van der Waals surface area contributed by atoms with Crippen LogP contribution >= 0.6 is 0 Å². The van der Waals surface area contributed by atoms with Crippen molar-refractivity contribution < 1.29 is 26.4 Å². The first-order valence-electron chi connectivity index (χ1n) is 13.1. The zero-order valence-electron chi connectivity index (χ0n) is 23.7. The lowest BCUT2D eigenvalue weighted by molar-refractivity contribution is 0.225. The monoisotopic (exact) mass is 550 g/mol. The second-order valence-corrected chi connectivity index (χ2v) is 11.5. The lowest BCUT2D eigenvalue weighted by Gasteiger charge is -2.27. The topological polar surface area (TPSA) is 20.5 Å². The first kappa shape index (κ1) is 30.7. The fourth-order valence-corrected chi connectivity index (χ4v) is 3.78. The van der Waals surface area contributed by atoms with Crippen LogP contribution in [0.25, 0.3) is 22.8 Å². The largest absolute Gasteiger partial charge is 0.673 e. The Kier molecular flexibility index (Phi) is 9.62. The van der Waals surface area contributed by atoms with E-state index in [4.69, 9.17) is 9.15 Å². The van der Waals surface area contributed by atoms with E-state index in [2.05, 4.69) is 114 Å². The van der Waals surface area contributed by atoms with Gasteiger partial charge in [0.1, 0.15) is 11.5 Å². The van der Waals surface area contributed by atoms with Gasteiger partial charge in [-0.05, 0) is 61.8 Å². The normalized spacial score (nSPS) is 15.2. The van der Waals surface area contributed by atoms with E-state index in [-0.39, 0.29) is 10.8 Å². The van der Waals surface area contributed by atoms with Gasteiger partial charge in [0.05, 0.1) is 11.5 Å². The lowest BCUT2D eigenvalue weighted by atomic mass is 9.90. The Morgan fingerprint density at radius 1 is 0.700 bits per heavy atom. The maximum Gasteiger partial charge on any atom is 0.673 e. The van der Waals surface area contributed by atoms with Crippen molar-refractivity contribution in [1.29, 1.82) is 0 Å². The van der Waals surface area contributed by atoms with Gasteiger partial charge < -0.3 is 22.0 Å². The Labute approximate surface area is 234 Å². The predicted molar refractivity (Wildman–Crippen MR) is 158 cm³/mol. The molecule has 2 nitrogen and oxygen atoms in total. The SMILES string of the molecule is CC(C)(C)C1=CC(c2ccccc2)=C/C(=C\C=C\c2cc(-c3ccccc3)cc(C(C)(C)C)[o+]2)O1.F[B-](F)(F)F. The summed E-state index contributed by atoms with van der Waals surface area (Å²) in [6, 6.07) is 25.1. The van der Waals surface area contributed by atoms with Crippen molar-refractivity contribution in [3.8, 4) is 11.1 Å². The molecule has 0 amide bonds. The van der Waals surface area contributed by atoms with Gasteiger partial charge in [-0.1, -0.05) is 81.4 Å². The zero-order chi connectivity index (χ0) is 29.6. The molecule has 0 aliphatic carbocycles.